The first kappa shape index (κ1) is 21.8. The van der Waals surface area contributed by atoms with Gasteiger partial charge in [-0.2, -0.15) is 8.78 Å². The molecule has 0 bridgehead atoms. The standard InChI is InChI=1S/C18H25F2N7O3/c1-11(14(28)13-15(21)23(2)18(30)24(3)16(13)29)26-8-6-25(7-9-26)10-12-22-4-5-27(12)17(19)20/h4-5,11,17H,6-10,21H2,1-3H3/t11-/m1/s1. The molecular formula is C18H25F2N7O3. The quantitative estimate of drug-likeness (QED) is 0.630. The van der Waals surface area contributed by atoms with Crippen LogP contribution in [0.2, 0.25) is 0 Å². The zero-order chi connectivity index (χ0) is 22.2. The van der Waals surface area contributed by atoms with Crippen LogP contribution in [0, 0.1) is 0 Å². The van der Waals surface area contributed by atoms with Gasteiger partial charge in [-0.3, -0.25) is 33.1 Å². The number of aromatic nitrogens is 4. The Bertz CT molecular complexity index is 1050. The number of piperazine rings is 1. The van der Waals surface area contributed by atoms with E-state index in [2.05, 4.69) is 4.98 Å². The van der Waals surface area contributed by atoms with Crippen molar-refractivity contribution in [2.75, 3.05) is 31.9 Å². The number of nitrogens with two attached hydrogens (primary N) is 1. The van der Waals surface area contributed by atoms with Gasteiger partial charge in [-0.05, 0) is 6.92 Å². The molecule has 3 heterocycles. The number of nitrogen functional groups attached to an aromatic ring is 1. The summed E-state index contributed by atoms with van der Waals surface area (Å²) in [5.74, 6) is -0.327. The number of ketones is 1. The molecule has 0 saturated carbocycles. The number of Topliss-reactive ketones (excluding diaryl/α,β-unsaturated/α-hetero) is 1. The van der Waals surface area contributed by atoms with Crippen molar-refractivity contribution in [3.63, 3.8) is 0 Å². The second-order valence-corrected chi connectivity index (χ2v) is 7.35. The second-order valence-electron chi connectivity index (χ2n) is 7.35. The van der Waals surface area contributed by atoms with Gasteiger partial charge in [0, 0.05) is 52.7 Å². The Morgan fingerprint density at radius 1 is 1.17 bits per heavy atom. The van der Waals surface area contributed by atoms with Crippen molar-refractivity contribution in [1.29, 1.82) is 0 Å². The maximum absolute atomic E-state index is 13.0. The average molecular weight is 425 g/mol. The van der Waals surface area contributed by atoms with E-state index in [1.54, 1.807) is 6.92 Å². The molecule has 0 spiro atoms. The summed E-state index contributed by atoms with van der Waals surface area (Å²) < 4.78 is 28.7. The van der Waals surface area contributed by atoms with Gasteiger partial charge in [-0.25, -0.2) is 9.78 Å². The van der Waals surface area contributed by atoms with E-state index in [9.17, 15) is 23.2 Å². The van der Waals surface area contributed by atoms with Crippen molar-refractivity contribution < 1.29 is 13.6 Å². The molecule has 10 nitrogen and oxygen atoms in total. The van der Waals surface area contributed by atoms with Crippen LogP contribution in [0.5, 0.6) is 0 Å². The Labute approximate surface area is 171 Å². The number of halogens is 2. The highest BCUT2D eigenvalue weighted by atomic mass is 19.3. The van der Waals surface area contributed by atoms with E-state index in [-0.39, 0.29) is 23.8 Å². The molecule has 1 aliphatic heterocycles. The average Bonchev–Trinajstić information content (AvgIpc) is 3.19. The molecule has 0 aromatic carbocycles. The minimum atomic E-state index is -2.64. The molecule has 2 aromatic heterocycles. The molecular weight excluding hydrogens is 400 g/mol. The van der Waals surface area contributed by atoms with E-state index >= 15 is 0 Å². The number of rotatable bonds is 6. The van der Waals surface area contributed by atoms with Gasteiger partial charge in [-0.1, -0.05) is 0 Å². The molecule has 1 aliphatic rings. The van der Waals surface area contributed by atoms with Gasteiger partial charge < -0.3 is 5.73 Å². The van der Waals surface area contributed by atoms with Crippen LogP contribution in [0.15, 0.2) is 22.0 Å². The molecule has 2 N–H and O–H groups in total. The summed E-state index contributed by atoms with van der Waals surface area (Å²) in [7, 11) is 2.70. The summed E-state index contributed by atoms with van der Waals surface area (Å²) in [5, 5.41) is 0. The first-order chi connectivity index (χ1) is 14.1. The van der Waals surface area contributed by atoms with Gasteiger partial charge >= 0.3 is 12.2 Å². The Hall–Kier alpha value is -2.86. The molecule has 3 rings (SSSR count). The van der Waals surface area contributed by atoms with Crippen molar-refractivity contribution in [2.45, 2.75) is 26.1 Å². The van der Waals surface area contributed by atoms with Gasteiger partial charge in [0.25, 0.3) is 5.56 Å². The van der Waals surface area contributed by atoms with Gasteiger partial charge in [0.15, 0.2) is 5.78 Å². The highest BCUT2D eigenvalue weighted by Gasteiger charge is 2.30. The summed E-state index contributed by atoms with van der Waals surface area (Å²) in [5.41, 5.74) is 4.37. The Balaban J connectivity index is 1.69. The zero-order valence-corrected chi connectivity index (χ0v) is 17.1. The number of hydrogen-bond acceptors (Lipinski definition) is 7. The van der Waals surface area contributed by atoms with Crippen molar-refractivity contribution in [3.05, 3.63) is 44.6 Å². The number of carbonyl (C=O) groups excluding carboxylic acids is 1. The van der Waals surface area contributed by atoms with Crippen LogP contribution in [-0.2, 0) is 20.6 Å². The van der Waals surface area contributed by atoms with E-state index in [0.29, 0.717) is 26.2 Å². The Kier molecular flexibility index (Phi) is 6.17. The summed E-state index contributed by atoms with van der Waals surface area (Å²) in [6, 6.07) is -0.622. The molecule has 164 valence electrons. The van der Waals surface area contributed by atoms with Crippen molar-refractivity contribution >= 4 is 11.6 Å². The highest BCUT2D eigenvalue weighted by Crippen LogP contribution is 2.17. The molecule has 0 radical (unpaired) electrons. The maximum atomic E-state index is 13.0. The fraction of sp³-hybridized carbons (Fsp3) is 0.556. The van der Waals surface area contributed by atoms with Gasteiger partial charge in [0.2, 0.25) is 0 Å². The lowest BCUT2D eigenvalue weighted by atomic mass is 10.0. The van der Waals surface area contributed by atoms with Crippen LogP contribution < -0.4 is 17.0 Å². The van der Waals surface area contributed by atoms with Crippen LogP contribution in [0.3, 0.4) is 0 Å². The number of hydrogen-bond donors (Lipinski definition) is 1. The molecule has 12 heteroatoms. The highest BCUT2D eigenvalue weighted by molar-refractivity contribution is 6.03. The predicted molar refractivity (Wildman–Crippen MR) is 105 cm³/mol. The molecule has 30 heavy (non-hydrogen) atoms. The molecule has 0 amide bonds. The summed E-state index contributed by atoms with van der Waals surface area (Å²) in [6.07, 6.45) is 2.59. The number of anilines is 1. The van der Waals surface area contributed by atoms with Crippen LogP contribution in [0.4, 0.5) is 14.6 Å². The minimum Gasteiger partial charge on any atom is -0.384 e. The molecule has 1 fully saturated rings. The lowest BCUT2D eigenvalue weighted by molar-refractivity contribution is 0.0552. The summed E-state index contributed by atoms with van der Waals surface area (Å²) in [6.45, 7) is 1.44. The van der Waals surface area contributed by atoms with Crippen LogP contribution in [0.1, 0.15) is 29.7 Å². The topological polar surface area (TPSA) is 111 Å². The predicted octanol–water partition coefficient (Wildman–Crippen LogP) is -0.353. The number of imidazole rings is 1. The lowest BCUT2D eigenvalue weighted by Crippen LogP contribution is -2.52. The van der Waals surface area contributed by atoms with Gasteiger partial charge in [-0.15, -0.1) is 0 Å². The van der Waals surface area contributed by atoms with E-state index in [1.807, 2.05) is 9.80 Å². The minimum absolute atomic E-state index is 0.155. The molecule has 2 aromatic rings. The molecule has 1 atom stereocenters. The van der Waals surface area contributed by atoms with Gasteiger partial charge in [0.05, 0.1) is 12.6 Å². The Morgan fingerprint density at radius 2 is 1.80 bits per heavy atom. The van der Waals surface area contributed by atoms with Crippen LogP contribution >= 0.6 is 0 Å². The second kappa shape index (κ2) is 8.48. The fourth-order valence-corrected chi connectivity index (χ4v) is 3.62. The monoisotopic (exact) mass is 425 g/mol. The largest absolute Gasteiger partial charge is 0.384 e. The lowest BCUT2D eigenvalue weighted by Gasteiger charge is -2.37. The fourth-order valence-electron chi connectivity index (χ4n) is 3.62. The van der Waals surface area contributed by atoms with E-state index in [0.717, 1.165) is 13.7 Å². The van der Waals surface area contributed by atoms with E-state index < -0.39 is 29.6 Å². The Morgan fingerprint density at radius 3 is 2.40 bits per heavy atom. The first-order valence-electron chi connectivity index (χ1n) is 9.49. The van der Waals surface area contributed by atoms with E-state index in [1.165, 1.54) is 26.5 Å². The molecule has 1 saturated heterocycles. The molecule has 0 aliphatic carbocycles. The number of alkyl halides is 2. The van der Waals surface area contributed by atoms with Gasteiger partial charge in [0.1, 0.15) is 17.2 Å². The van der Waals surface area contributed by atoms with Crippen LogP contribution in [-0.4, -0.2) is 66.5 Å². The normalized spacial score (nSPS) is 16.9. The summed E-state index contributed by atoms with van der Waals surface area (Å²) in [4.78, 5) is 45.3. The third-order valence-electron chi connectivity index (χ3n) is 5.61. The van der Waals surface area contributed by atoms with Crippen molar-refractivity contribution in [3.8, 4) is 0 Å². The maximum Gasteiger partial charge on any atom is 0.332 e. The SMILES string of the molecule is C[C@H](C(=O)c1c(N)n(C)c(=O)n(C)c1=O)N1CCN(Cc2nccn2C(F)F)CC1. The van der Waals surface area contributed by atoms with Crippen molar-refractivity contribution in [2.24, 2.45) is 14.1 Å². The first-order valence-corrected chi connectivity index (χ1v) is 9.49. The summed E-state index contributed by atoms with van der Waals surface area (Å²) >= 11 is 0. The zero-order valence-electron chi connectivity index (χ0n) is 17.1. The third kappa shape index (κ3) is 3.92. The smallest absolute Gasteiger partial charge is 0.332 e. The molecule has 0 unspecified atom stereocenters. The number of carbonyl (C=O) groups is 1. The van der Waals surface area contributed by atoms with Crippen LogP contribution in [0.25, 0.3) is 0 Å². The van der Waals surface area contributed by atoms with E-state index in [4.69, 9.17) is 5.73 Å². The van der Waals surface area contributed by atoms with Crippen molar-refractivity contribution in [1.82, 2.24) is 28.5 Å². The number of nitrogens with zero attached hydrogens (tertiary/aromatic N) is 6. The third-order valence-corrected chi connectivity index (χ3v) is 5.61.